The van der Waals surface area contributed by atoms with E-state index >= 15 is 0 Å². The molecule has 11 heteroatoms. The largest absolute Gasteiger partial charge is 0.496 e. The Morgan fingerprint density at radius 1 is 1.35 bits per heavy atom. The fraction of sp³-hybridized carbons (Fsp3) is 0.522. The predicted octanol–water partition coefficient (Wildman–Crippen LogP) is 2.11. The van der Waals surface area contributed by atoms with Crippen molar-refractivity contribution in [2.45, 2.75) is 25.0 Å². The predicted molar refractivity (Wildman–Crippen MR) is 135 cm³/mol. The monoisotopic (exact) mass is 491 g/mol. The van der Waals surface area contributed by atoms with Gasteiger partial charge in [0.05, 0.1) is 35.5 Å². The highest BCUT2D eigenvalue weighted by molar-refractivity contribution is 6.33. The van der Waals surface area contributed by atoms with Gasteiger partial charge in [0.2, 0.25) is 5.95 Å². The molecule has 2 atom stereocenters. The summed E-state index contributed by atoms with van der Waals surface area (Å²) in [6, 6.07) is 4.85. The Kier molecular flexibility index (Phi) is 9.14. The van der Waals surface area contributed by atoms with Crippen LogP contribution in [-0.2, 0) is 4.74 Å². The minimum absolute atomic E-state index is 0.116. The van der Waals surface area contributed by atoms with Gasteiger partial charge in [0, 0.05) is 53.1 Å². The molecule has 1 amide bonds. The van der Waals surface area contributed by atoms with E-state index in [1.807, 2.05) is 25.1 Å². The number of nitrogens with two attached hydrogens (primary N) is 1. The molecule has 0 spiro atoms. The summed E-state index contributed by atoms with van der Waals surface area (Å²) in [5.41, 5.74) is 6.55. The molecule has 4 N–H and O–H groups in total. The number of methoxy groups -OCH3 is 2. The molecule has 1 aliphatic heterocycles. The highest BCUT2D eigenvalue weighted by atomic mass is 35.5. The molecule has 186 valence electrons. The maximum Gasteiger partial charge on any atom is 0.255 e. The van der Waals surface area contributed by atoms with E-state index in [1.165, 1.54) is 13.2 Å². The number of nitrogens with zero attached hydrogens (tertiary/aromatic N) is 4. The Hall–Kier alpha value is -2.82. The molecule has 1 aromatic heterocycles. The smallest absolute Gasteiger partial charge is 0.255 e. The minimum atomic E-state index is -0.261. The van der Waals surface area contributed by atoms with Crippen LogP contribution in [-0.4, -0.2) is 87.4 Å². The van der Waals surface area contributed by atoms with Gasteiger partial charge in [-0.05, 0) is 31.5 Å². The van der Waals surface area contributed by atoms with Gasteiger partial charge < -0.3 is 35.6 Å². The molecule has 0 aliphatic carbocycles. The number of carbonyl (C=O) groups excluding carboxylic acids is 1. The standard InChI is InChI=1S/C23H34ClN7O3/c1-30(2)21-6-9-27-23(29-21)26-8-5-10-31-11-7-18(20(14-31)34-4)28-22(32)15-12-16(24)17(25)13-19(15)33-3/h6,9,12-13,18,20H,5,7-8,10-11,14,25H2,1-4H3,(H,28,32)(H,26,27,29). The molecule has 10 nitrogen and oxygen atoms in total. The average molecular weight is 492 g/mol. The zero-order valence-corrected chi connectivity index (χ0v) is 20.9. The first-order valence-corrected chi connectivity index (χ1v) is 11.6. The number of hydrogen-bond acceptors (Lipinski definition) is 9. The molecule has 2 heterocycles. The van der Waals surface area contributed by atoms with Crippen LogP contribution in [0.5, 0.6) is 5.75 Å². The van der Waals surface area contributed by atoms with Crippen molar-refractivity contribution in [3.63, 3.8) is 0 Å². The topological polar surface area (TPSA) is 118 Å². The number of rotatable bonds is 10. The van der Waals surface area contributed by atoms with Crippen molar-refractivity contribution in [1.82, 2.24) is 20.2 Å². The summed E-state index contributed by atoms with van der Waals surface area (Å²) < 4.78 is 11.0. The number of amides is 1. The van der Waals surface area contributed by atoms with E-state index < -0.39 is 0 Å². The Bertz CT molecular complexity index is 976. The number of halogens is 1. The van der Waals surface area contributed by atoms with Crippen molar-refractivity contribution >= 4 is 35.0 Å². The lowest BCUT2D eigenvalue weighted by molar-refractivity contribution is 0.00637. The molecule has 34 heavy (non-hydrogen) atoms. The van der Waals surface area contributed by atoms with E-state index in [2.05, 4.69) is 25.5 Å². The normalized spacial score (nSPS) is 18.4. The Balaban J connectivity index is 1.49. The third-order valence-electron chi connectivity index (χ3n) is 5.86. The summed E-state index contributed by atoms with van der Waals surface area (Å²) >= 11 is 6.12. The summed E-state index contributed by atoms with van der Waals surface area (Å²) in [6.07, 6.45) is 3.34. The molecule has 2 unspecified atom stereocenters. The maximum atomic E-state index is 12.9. The van der Waals surface area contributed by atoms with Gasteiger partial charge in [-0.1, -0.05) is 11.6 Å². The van der Waals surface area contributed by atoms with Crippen LogP contribution in [0.25, 0.3) is 0 Å². The molecule has 0 bridgehead atoms. The first-order valence-electron chi connectivity index (χ1n) is 11.3. The summed E-state index contributed by atoms with van der Waals surface area (Å²) in [7, 11) is 7.07. The van der Waals surface area contributed by atoms with Crippen molar-refractivity contribution in [3.8, 4) is 5.75 Å². The van der Waals surface area contributed by atoms with Crippen LogP contribution < -0.4 is 26.0 Å². The highest BCUT2D eigenvalue weighted by Gasteiger charge is 2.31. The molecular formula is C23H34ClN7O3. The van der Waals surface area contributed by atoms with E-state index in [0.717, 1.165) is 44.8 Å². The molecule has 1 fully saturated rings. The second kappa shape index (κ2) is 12.0. The first-order chi connectivity index (χ1) is 16.3. The van der Waals surface area contributed by atoms with Crippen molar-refractivity contribution in [2.24, 2.45) is 0 Å². The Labute approximate surface area is 205 Å². The number of aromatic nitrogens is 2. The number of ether oxygens (including phenoxy) is 2. The van der Waals surface area contributed by atoms with Crippen LogP contribution in [0.3, 0.4) is 0 Å². The zero-order valence-electron chi connectivity index (χ0n) is 20.2. The van der Waals surface area contributed by atoms with Gasteiger partial charge in [0.15, 0.2) is 0 Å². The van der Waals surface area contributed by atoms with Gasteiger partial charge in [0.25, 0.3) is 5.91 Å². The molecule has 1 aliphatic rings. The third-order valence-corrected chi connectivity index (χ3v) is 6.19. The van der Waals surface area contributed by atoms with E-state index in [0.29, 0.717) is 28.0 Å². The summed E-state index contributed by atoms with van der Waals surface area (Å²) in [5, 5.41) is 6.68. The lowest BCUT2D eigenvalue weighted by atomic mass is 10.0. The van der Waals surface area contributed by atoms with Gasteiger partial charge in [-0.3, -0.25) is 4.79 Å². The number of anilines is 3. The van der Waals surface area contributed by atoms with E-state index in [1.54, 1.807) is 19.4 Å². The molecule has 1 saturated heterocycles. The quantitative estimate of drug-likeness (QED) is 0.339. The number of hydrogen-bond donors (Lipinski definition) is 3. The van der Waals surface area contributed by atoms with E-state index in [9.17, 15) is 4.79 Å². The van der Waals surface area contributed by atoms with Crippen molar-refractivity contribution < 1.29 is 14.3 Å². The van der Waals surface area contributed by atoms with Crippen LogP contribution in [0.4, 0.5) is 17.5 Å². The van der Waals surface area contributed by atoms with Crippen LogP contribution in [0, 0.1) is 0 Å². The fourth-order valence-electron chi connectivity index (χ4n) is 3.94. The van der Waals surface area contributed by atoms with Crippen LogP contribution in [0.1, 0.15) is 23.2 Å². The van der Waals surface area contributed by atoms with Crippen molar-refractivity contribution in [2.75, 3.05) is 70.4 Å². The summed E-state index contributed by atoms with van der Waals surface area (Å²) in [4.78, 5) is 26.0. The molecule has 3 rings (SSSR count). The number of nitrogens with one attached hydrogen (secondary N) is 2. The lowest BCUT2D eigenvalue weighted by Gasteiger charge is -2.38. The molecule has 1 aromatic carbocycles. The van der Waals surface area contributed by atoms with Gasteiger partial charge >= 0.3 is 0 Å². The fourth-order valence-corrected chi connectivity index (χ4v) is 4.10. The van der Waals surface area contributed by atoms with Crippen LogP contribution >= 0.6 is 11.6 Å². The average Bonchev–Trinajstić information content (AvgIpc) is 2.84. The lowest BCUT2D eigenvalue weighted by Crippen LogP contribution is -2.55. The van der Waals surface area contributed by atoms with Crippen LogP contribution in [0.15, 0.2) is 24.4 Å². The minimum Gasteiger partial charge on any atom is -0.496 e. The summed E-state index contributed by atoms with van der Waals surface area (Å²) in [5.74, 6) is 1.62. The maximum absolute atomic E-state index is 12.9. The Morgan fingerprint density at radius 2 is 2.15 bits per heavy atom. The molecule has 0 saturated carbocycles. The third kappa shape index (κ3) is 6.62. The number of piperidine rings is 1. The number of nitrogen functional groups attached to an aromatic ring is 1. The second-order valence-corrected chi connectivity index (χ2v) is 8.84. The van der Waals surface area contributed by atoms with E-state index in [4.69, 9.17) is 26.8 Å². The number of carbonyl (C=O) groups is 1. The van der Waals surface area contributed by atoms with Crippen molar-refractivity contribution in [3.05, 3.63) is 35.0 Å². The first kappa shape index (κ1) is 25.8. The van der Waals surface area contributed by atoms with Gasteiger partial charge in [-0.2, -0.15) is 4.98 Å². The molecule has 0 radical (unpaired) electrons. The second-order valence-electron chi connectivity index (χ2n) is 8.43. The Morgan fingerprint density at radius 3 is 2.85 bits per heavy atom. The number of likely N-dealkylation sites (tertiary alicyclic amines) is 1. The summed E-state index contributed by atoms with van der Waals surface area (Å²) in [6.45, 7) is 3.26. The SMILES string of the molecule is COc1cc(N)c(Cl)cc1C(=O)NC1CCN(CCCNc2nccc(N(C)C)n2)CC1OC. The van der Waals surface area contributed by atoms with Crippen molar-refractivity contribution in [1.29, 1.82) is 0 Å². The zero-order chi connectivity index (χ0) is 24.7. The van der Waals surface area contributed by atoms with Gasteiger partial charge in [-0.25, -0.2) is 4.98 Å². The van der Waals surface area contributed by atoms with Gasteiger partial charge in [0.1, 0.15) is 11.6 Å². The highest BCUT2D eigenvalue weighted by Crippen LogP contribution is 2.29. The molecular weight excluding hydrogens is 458 g/mol. The van der Waals surface area contributed by atoms with E-state index in [-0.39, 0.29) is 18.1 Å². The molecule has 2 aromatic rings. The van der Waals surface area contributed by atoms with Crippen LogP contribution in [0.2, 0.25) is 5.02 Å². The number of benzene rings is 1. The van der Waals surface area contributed by atoms with Gasteiger partial charge in [-0.15, -0.1) is 0 Å².